The summed E-state index contributed by atoms with van der Waals surface area (Å²) in [5.74, 6) is 5.44. The van der Waals surface area contributed by atoms with Gasteiger partial charge >= 0.3 is 6.03 Å². The standard InChI is InChI=1S/C29H33N5O5.C14H21BrN2O.C8H7BrO2.C6H14N2/c1-3-32-12-14-33(15-13-32)25(18-35)21-6-4-20(5-7-21)10-11-29(27(37)30-28(38)31-29)19-34-17-22-8-9-23(39-2)16-24(22)26(34)36;1-2-16-7-9-17(10-8-16)14(11-18)12-3-5-13(15)6-4-12;9-7-3-1-6(2-4-7)8(11)5-10;1-2-8-5-3-7-4-6-8/h4-9,16,25,35H,3,12-15,17-19H2,1-2H3,(H2,30,31,37,38);3-6,14,18H,2,7-11H2,1H3;1-4,10H,5H2;7H,2-6H2,1H3/t25?,29-;;;/m1.../s1. The summed E-state index contributed by atoms with van der Waals surface area (Å²) < 4.78 is 7.24. The van der Waals surface area contributed by atoms with Gasteiger partial charge in [-0.2, -0.15) is 0 Å². The number of fused-ring (bicyclic) bond motifs is 1. The number of Topliss-reactive ketones (excluding diaryl/α,β-unsaturated/α-hetero) is 1. The number of rotatable bonds is 14. The van der Waals surface area contributed by atoms with Crippen molar-refractivity contribution in [1.82, 2.24) is 45.3 Å². The molecule has 410 valence electrons. The number of nitrogens with one attached hydrogen (secondary N) is 3. The van der Waals surface area contributed by atoms with Crippen LogP contribution in [0.2, 0.25) is 0 Å². The number of methoxy groups -OCH3 is 1. The molecule has 17 nitrogen and oxygen atoms in total. The van der Waals surface area contributed by atoms with E-state index in [1.54, 1.807) is 36.4 Å². The fourth-order valence-corrected chi connectivity index (χ4v) is 10.2. The van der Waals surface area contributed by atoms with Crippen LogP contribution >= 0.6 is 31.9 Å². The van der Waals surface area contributed by atoms with Gasteiger partial charge in [0.05, 0.1) is 39.0 Å². The summed E-state index contributed by atoms with van der Waals surface area (Å²) in [6, 6.07) is 27.4. The molecular weight excluding hydrogens is 1100 g/mol. The van der Waals surface area contributed by atoms with E-state index < -0.39 is 24.1 Å². The van der Waals surface area contributed by atoms with Crippen LogP contribution in [0.25, 0.3) is 0 Å². The summed E-state index contributed by atoms with van der Waals surface area (Å²) in [5.41, 5.74) is 3.13. The predicted molar refractivity (Wildman–Crippen MR) is 302 cm³/mol. The molecule has 4 aromatic carbocycles. The van der Waals surface area contributed by atoms with E-state index in [0.717, 1.165) is 85.5 Å². The molecule has 76 heavy (non-hydrogen) atoms. The lowest BCUT2D eigenvalue weighted by atomic mass is 9.98. The number of piperazine rings is 3. The minimum atomic E-state index is -1.58. The molecule has 3 atom stereocenters. The number of carbonyl (C=O) groups is 4. The Hall–Kier alpha value is -5.08. The smallest absolute Gasteiger partial charge is 0.323 e. The maximum atomic E-state index is 13.1. The molecule has 5 aliphatic heterocycles. The maximum absolute atomic E-state index is 13.1. The Labute approximate surface area is 465 Å². The largest absolute Gasteiger partial charge is 0.497 e. The summed E-state index contributed by atoms with van der Waals surface area (Å²) in [6.45, 7) is 22.7. The second kappa shape index (κ2) is 30.2. The van der Waals surface area contributed by atoms with E-state index in [4.69, 9.17) is 9.84 Å². The SMILES string of the molecule is CCN1CCN(C(CO)c2ccc(Br)cc2)CC1.CCN1CCN(C(CO)c2ccc(C#C[C@]3(CN4Cc5ccc(OC)cc5C4=O)NC(=O)NC3=O)cc2)CC1.CCN1CCNCC1.O=C(CO)c1ccc(Br)cc1. The number of ketones is 1. The predicted octanol–water partition coefficient (Wildman–Crippen LogP) is 4.61. The number of carbonyl (C=O) groups excluding carboxylic acids is 4. The first-order chi connectivity index (χ1) is 36.8. The zero-order valence-electron chi connectivity index (χ0n) is 44.3. The highest BCUT2D eigenvalue weighted by Crippen LogP contribution is 2.29. The summed E-state index contributed by atoms with van der Waals surface area (Å²) in [5, 5.41) is 36.5. The van der Waals surface area contributed by atoms with Crippen molar-refractivity contribution in [1.29, 1.82) is 0 Å². The van der Waals surface area contributed by atoms with Gasteiger partial charge in [0, 0.05) is 111 Å². The highest BCUT2D eigenvalue weighted by molar-refractivity contribution is 9.10. The molecule has 5 heterocycles. The number of hydrogen-bond acceptors (Lipinski definition) is 14. The number of halogens is 2. The summed E-state index contributed by atoms with van der Waals surface area (Å²) in [7, 11) is 1.53. The molecule has 4 fully saturated rings. The molecule has 0 aromatic heterocycles. The second-order valence-corrected chi connectivity index (χ2v) is 20.9. The molecule has 0 saturated carbocycles. The molecule has 0 bridgehead atoms. The molecule has 0 aliphatic carbocycles. The first-order valence-corrected chi connectivity index (χ1v) is 27.8. The van der Waals surface area contributed by atoms with Gasteiger partial charge in [-0.25, -0.2) is 4.79 Å². The third kappa shape index (κ3) is 16.7. The zero-order chi connectivity index (χ0) is 54.6. The van der Waals surface area contributed by atoms with Gasteiger partial charge in [0.25, 0.3) is 11.8 Å². The summed E-state index contributed by atoms with van der Waals surface area (Å²) >= 11 is 6.69. The molecule has 6 N–H and O–H groups in total. The van der Waals surface area contributed by atoms with Gasteiger partial charge in [-0.1, -0.05) is 107 Å². The Morgan fingerprint density at radius 2 is 1.18 bits per heavy atom. The molecule has 4 aromatic rings. The topological polar surface area (TPSA) is 194 Å². The van der Waals surface area contributed by atoms with Crippen molar-refractivity contribution in [2.75, 3.05) is 132 Å². The van der Waals surface area contributed by atoms with E-state index in [2.05, 4.69) is 117 Å². The number of imide groups is 1. The normalized spacial score (nSPS) is 20.0. The molecule has 0 spiro atoms. The number of aliphatic hydroxyl groups is 3. The summed E-state index contributed by atoms with van der Waals surface area (Å²) in [6.07, 6.45) is 0. The molecule has 19 heteroatoms. The first-order valence-electron chi connectivity index (χ1n) is 26.2. The van der Waals surface area contributed by atoms with Gasteiger partial charge in [0.1, 0.15) is 12.4 Å². The van der Waals surface area contributed by atoms with Crippen molar-refractivity contribution >= 4 is 55.5 Å². The minimum Gasteiger partial charge on any atom is -0.497 e. The van der Waals surface area contributed by atoms with E-state index in [-0.39, 0.29) is 43.5 Å². The fraction of sp³-hybridized carbons (Fsp3) is 0.474. The number of nitrogens with zero attached hydrogens (tertiary/aromatic N) is 6. The Morgan fingerprint density at radius 1 is 0.684 bits per heavy atom. The number of benzene rings is 4. The molecule has 4 saturated heterocycles. The van der Waals surface area contributed by atoms with Crippen molar-refractivity contribution in [3.8, 4) is 17.6 Å². The van der Waals surface area contributed by atoms with Crippen molar-refractivity contribution in [2.24, 2.45) is 0 Å². The van der Waals surface area contributed by atoms with Crippen molar-refractivity contribution in [2.45, 2.75) is 44.9 Å². The number of aliphatic hydroxyl groups excluding tert-OH is 3. The number of ether oxygens (including phenoxy) is 1. The van der Waals surface area contributed by atoms with E-state index in [1.165, 1.54) is 50.3 Å². The van der Waals surface area contributed by atoms with Gasteiger partial charge in [-0.3, -0.25) is 29.5 Å². The van der Waals surface area contributed by atoms with E-state index >= 15 is 0 Å². The molecule has 0 radical (unpaired) electrons. The maximum Gasteiger partial charge on any atom is 0.323 e. The number of likely N-dealkylation sites (N-methyl/N-ethyl adjacent to an activating group) is 3. The third-order valence-corrected chi connectivity index (χ3v) is 15.5. The Balaban J connectivity index is 0.000000206. The highest BCUT2D eigenvalue weighted by Gasteiger charge is 2.48. The second-order valence-electron chi connectivity index (χ2n) is 19.0. The lowest BCUT2D eigenvalue weighted by molar-refractivity contribution is -0.122. The quantitative estimate of drug-likeness (QED) is 0.0583. The third-order valence-electron chi connectivity index (χ3n) is 14.4. The van der Waals surface area contributed by atoms with Gasteiger partial charge in [-0.15, -0.1) is 0 Å². The minimum absolute atomic E-state index is 0.0184. The molecule has 2 unspecified atom stereocenters. The average Bonchev–Trinajstić information content (AvgIpc) is 3.94. The van der Waals surface area contributed by atoms with Crippen LogP contribution in [0.5, 0.6) is 5.75 Å². The van der Waals surface area contributed by atoms with Crippen LogP contribution < -0.4 is 20.7 Å². The van der Waals surface area contributed by atoms with Crippen molar-refractivity contribution in [3.05, 3.63) is 133 Å². The van der Waals surface area contributed by atoms with Crippen LogP contribution in [0.4, 0.5) is 4.79 Å². The van der Waals surface area contributed by atoms with Crippen LogP contribution in [0.1, 0.15) is 75.8 Å². The monoisotopic (exact) mass is 1170 g/mol. The van der Waals surface area contributed by atoms with Crippen molar-refractivity contribution in [3.63, 3.8) is 0 Å². The van der Waals surface area contributed by atoms with E-state index in [0.29, 0.717) is 29.0 Å². The number of amides is 4. The highest BCUT2D eigenvalue weighted by atomic mass is 79.9. The van der Waals surface area contributed by atoms with Gasteiger partial charge < -0.3 is 50.3 Å². The number of urea groups is 1. The van der Waals surface area contributed by atoms with Gasteiger partial charge in [0.15, 0.2) is 5.78 Å². The van der Waals surface area contributed by atoms with Crippen LogP contribution in [0, 0.1) is 11.8 Å². The van der Waals surface area contributed by atoms with Crippen LogP contribution in [0.3, 0.4) is 0 Å². The van der Waals surface area contributed by atoms with Crippen LogP contribution in [-0.4, -0.2) is 206 Å². The van der Waals surface area contributed by atoms with Gasteiger partial charge in [-0.05, 0) is 84.9 Å². The Morgan fingerprint density at radius 3 is 1.63 bits per heavy atom. The lowest BCUT2D eigenvalue weighted by Crippen LogP contribution is -2.54. The van der Waals surface area contributed by atoms with Gasteiger partial charge in [0.2, 0.25) is 5.54 Å². The van der Waals surface area contributed by atoms with E-state index in [1.807, 2.05) is 42.5 Å². The zero-order valence-corrected chi connectivity index (χ0v) is 47.5. The molecule has 9 rings (SSSR count). The van der Waals surface area contributed by atoms with Crippen LogP contribution in [-0.2, 0) is 11.3 Å². The van der Waals surface area contributed by atoms with Crippen molar-refractivity contribution < 1.29 is 39.2 Å². The molecule has 5 aliphatic rings. The molecule has 4 amide bonds. The number of hydrogen-bond donors (Lipinski definition) is 6. The lowest BCUT2D eigenvalue weighted by Gasteiger charge is -2.38. The first kappa shape index (κ1) is 60.2. The average molecular weight is 1170 g/mol. The Bertz CT molecular complexity index is 2560. The van der Waals surface area contributed by atoms with Crippen LogP contribution in [0.15, 0.2) is 99.9 Å². The summed E-state index contributed by atoms with van der Waals surface area (Å²) in [4.78, 5) is 62.5. The fourth-order valence-electron chi connectivity index (χ4n) is 9.66. The van der Waals surface area contributed by atoms with E-state index in [9.17, 15) is 29.4 Å². The molecular formula is C57H75Br2N9O8. The Kier molecular flexibility index (Phi) is 23.9.